The predicted octanol–water partition coefficient (Wildman–Crippen LogP) is 2.11. The molecule has 0 bridgehead atoms. The van der Waals surface area contributed by atoms with Gasteiger partial charge >= 0.3 is 0 Å². The van der Waals surface area contributed by atoms with E-state index in [4.69, 9.17) is 11.6 Å². The molecule has 0 saturated carbocycles. The molecule has 1 aliphatic rings. The van der Waals surface area contributed by atoms with Gasteiger partial charge in [0.05, 0.1) is 0 Å². The van der Waals surface area contributed by atoms with Gasteiger partial charge in [0.25, 0.3) is 0 Å². The van der Waals surface area contributed by atoms with Crippen molar-refractivity contribution in [3.05, 3.63) is 29.6 Å². The first kappa shape index (κ1) is 13.6. The molecule has 1 atom stereocenters. The van der Waals surface area contributed by atoms with Gasteiger partial charge in [0.2, 0.25) is 10.0 Å². The van der Waals surface area contributed by atoms with Crippen LogP contribution in [-0.4, -0.2) is 31.2 Å². The number of sulfonamides is 1. The van der Waals surface area contributed by atoms with Gasteiger partial charge in [-0.1, -0.05) is 0 Å². The Hall–Kier alpha value is -0.790. The Morgan fingerprint density at radius 3 is 2.22 bits per heavy atom. The van der Waals surface area contributed by atoms with E-state index in [1.165, 1.54) is 0 Å². The van der Waals surface area contributed by atoms with Crippen LogP contribution in [-0.2, 0) is 10.0 Å². The molecule has 1 aromatic rings. The molecule has 1 saturated heterocycles. The molecule has 3 nitrogen and oxygen atoms in total. The van der Waals surface area contributed by atoms with Crippen LogP contribution in [0, 0.1) is 17.5 Å². The van der Waals surface area contributed by atoms with E-state index < -0.39 is 32.4 Å². The Balaban J connectivity index is 2.48. The zero-order chi connectivity index (χ0) is 13.5. The first-order valence-electron chi connectivity index (χ1n) is 5.11. The maximum Gasteiger partial charge on any atom is 0.248 e. The van der Waals surface area contributed by atoms with Crippen molar-refractivity contribution < 1.29 is 21.6 Å². The van der Waals surface area contributed by atoms with Crippen LogP contribution in [0.25, 0.3) is 0 Å². The summed E-state index contributed by atoms with van der Waals surface area (Å²) in [5.74, 6) is -4.04. The highest BCUT2D eigenvalue weighted by molar-refractivity contribution is 7.89. The Bertz CT molecular complexity index is 555. The Labute approximate surface area is 107 Å². The summed E-state index contributed by atoms with van der Waals surface area (Å²) in [6, 6.07) is 0.675. The highest BCUT2D eigenvalue weighted by atomic mass is 35.5. The number of hydrogen-bond acceptors (Lipinski definition) is 2. The van der Waals surface area contributed by atoms with Crippen LogP contribution in [0.1, 0.15) is 6.42 Å². The molecule has 0 aliphatic carbocycles. The molecule has 1 aromatic carbocycles. The number of alkyl halides is 1. The fraction of sp³-hybridized carbons (Fsp3) is 0.400. The molecule has 0 spiro atoms. The summed E-state index contributed by atoms with van der Waals surface area (Å²) in [4.78, 5) is -1.13. The maximum atomic E-state index is 13.4. The number of hydrogen-bond donors (Lipinski definition) is 0. The minimum Gasteiger partial charge on any atom is -0.207 e. The summed E-state index contributed by atoms with van der Waals surface area (Å²) < 4.78 is 64.5. The summed E-state index contributed by atoms with van der Waals surface area (Å²) in [6.45, 7) is 0.0763. The molecule has 2 rings (SSSR count). The van der Waals surface area contributed by atoms with Gasteiger partial charge < -0.3 is 0 Å². The van der Waals surface area contributed by atoms with Crippen molar-refractivity contribution in [2.24, 2.45) is 0 Å². The normalized spacial score (nSPS) is 21.4. The van der Waals surface area contributed by atoms with Crippen LogP contribution in [0.5, 0.6) is 0 Å². The summed E-state index contributed by atoms with van der Waals surface area (Å²) in [5.41, 5.74) is 0. The van der Waals surface area contributed by atoms with Crippen molar-refractivity contribution in [2.75, 3.05) is 13.1 Å². The zero-order valence-corrected chi connectivity index (χ0v) is 10.6. The number of halogens is 4. The molecule has 1 unspecified atom stereocenters. The van der Waals surface area contributed by atoms with Gasteiger partial charge in [0.15, 0.2) is 4.90 Å². The monoisotopic (exact) mass is 299 g/mol. The largest absolute Gasteiger partial charge is 0.248 e. The van der Waals surface area contributed by atoms with E-state index in [0.717, 1.165) is 4.31 Å². The van der Waals surface area contributed by atoms with Gasteiger partial charge in [-0.05, 0) is 6.42 Å². The van der Waals surface area contributed by atoms with E-state index in [0.29, 0.717) is 18.6 Å². The lowest BCUT2D eigenvalue weighted by molar-refractivity contribution is 0.451. The summed E-state index contributed by atoms with van der Waals surface area (Å²) in [7, 11) is -4.32. The van der Waals surface area contributed by atoms with Crippen molar-refractivity contribution in [2.45, 2.75) is 16.7 Å². The molecule has 0 amide bonds. The first-order valence-corrected chi connectivity index (χ1v) is 6.99. The third-order valence-electron chi connectivity index (χ3n) is 2.65. The molecule has 0 aromatic heterocycles. The number of benzene rings is 1. The molecule has 0 radical (unpaired) electrons. The van der Waals surface area contributed by atoms with Crippen molar-refractivity contribution in [3.63, 3.8) is 0 Å². The molecule has 8 heteroatoms. The van der Waals surface area contributed by atoms with E-state index in [2.05, 4.69) is 0 Å². The fourth-order valence-corrected chi connectivity index (χ4v) is 3.75. The van der Waals surface area contributed by atoms with Crippen LogP contribution in [0.3, 0.4) is 0 Å². The van der Waals surface area contributed by atoms with Crippen molar-refractivity contribution in [1.29, 1.82) is 0 Å². The summed E-state index contributed by atoms with van der Waals surface area (Å²) in [5, 5.41) is -0.383. The van der Waals surface area contributed by atoms with Crippen LogP contribution in [0.15, 0.2) is 17.0 Å². The van der Waals surface area contributed by atoms with E-state index in [9.17, 15) is 21.6 Å². The Morgan fingerprint density at radius 2 is 1.78 bits per heavy atom. The molecule has 1 aliphatic heterocycles. The SMILES string of the molecule is O=S(=O)(c1c(F)cc(F)cc1F)N1CCC(Cl)C1. The number of nitrogens with zero attached hydrogens (tertiary/aromatic N) is 1. The van der Waals surface area contributed by atoms with Gasteiger partial charge in [-0.2, -0.15) is 4.31 Å². The van der Waals surface area contributed by atoms with E-state index in [1.807, 2.05) is 0 Å². The van der Waals surface area contributed by atoms with E-state index >= 15 is 0 Å². The lowest BCUT2D eigenvalue weighted by atomic mass is 10.3. The molecule has 100 valence electrons. The maximum absolute atomic E-state index is 13.4. The predicted molar refractivity (Wildman–Crippen MR) is 59.3 cm³/mol. The second-order valence-electron chi connectivity index (χ2n) is 3.95. The van der Waals surface area contributed by atoms with Crippen molar-refractivity contribution in [1.82, 2.24) is 4.31 Å². The van der Waals surface area contributed by atoms with Gasteiger partial charge in [0.1, 0.15) is 17.5 Å². The van der Waals surface area contributed by atoms with Crippen molar-refractivity contribution >= 4 is 21.6 Å². The molecule has 1 heterocycles. The zero-order valence-electron chi connectivity index (χ0n) is 9.04. The molecule has 18 heavy (non-hydrogen) atoms. The van der Waals surface area contributed by atoms with Crippen LogP contribution in [0.4, 0.5) is 13.2 Å². The second kappa shape index (κ2) is 4.71. The molecular weight excluding hydrogens is 291 g/mol. The average molecular weight is 300 g/mol. The van der Waals surface area contributed by atoms with Gasteiger partial charge in [0, 0.05) is 30.6 Å². The lowest BCUT2D eigenvalue weighted by Crippen LogP contribution is -2.30. The fourth-order valence-electron chi connectivity index (χ4n) is 1.81. The average Bonchev–Trinajstić information content (AvgIpc) is 2.63. The van der Waals surface area contributed by atoms with Gasteiger partial charge in [-0.3, -0.25) is 0 Å². The standard InChI is InChI=1S/C10H9ClF3NO2S/c11-6-1-2-15(5-6)18(16,17)10-8(13)3-7(12)4-9(10)14/h3-4,6H,1-2,5H2. The lowest BCUT2D eigenvalue weighted by Gasteiger charge is -2.16. The van der Waals surface area contributed by atoms with Crippen LogP contribution in [0.2, 0.25) is 0 Å². The minimum absolute atomic E-state index is 0.0137. The quantitative estimate of drug-likeness (QED) is 0.784. The van der Waals surface area contributed by atoms with E-state index in [-0.39, 0.29) is 18.5 Å². The molecule has 1 fully saturated rings. The molecular formula is C10H9ClF3NO2S. The van der Waals surface area contributed by atoms with Gasteiger partial charge in [-0.15, -0.1) is 11.6 Å². The van der Waals surface area contributed by atoms with Crippen LogP contribution < -0.4 is 0 Å². The minimum atomic E-state index is -4.32. The first-order chi connectivity index (χ1) is 8.32. The highest BCUT2D eigenvalue weighted by Crippen LogP contribution is 2.27. The Morgan fingerprint density at radius 1 is 1.22 bits per heavy atom. The third kappa shape index (κ3) is 2.34. The molecule has 0 N–H and O–H groups in total. The van der Waals surface area contributed by atoms with Crippen LogP contribution >= 0.6 is 11.6 Å². The summed E-state index contributed by atoms with van der Waals surface area (Å²) >= 11 is 5.75. The number of rotatable bonds is 2. The topological polar surface area (TPSA) is 37.4 Å². The van der Waals surface area contributed by atoms with Gasteiger partial charge in [-0.25, -0.2) is 21.6 Å². The van der Waals surface area contributed by atoms with E-state index in [1.54, 1.807) is 0 Å². The second-order valence-corrected chi connectivity index (χ2v) is 6.44. The summed E-state index contributed by atoms with van der Waals surface area (Å²) in [6.07, 6.45) is 0.408. The van der Waals surface area contributed by atoms with Crippen molar-refractivity contribution in [3.8, 4) is 0 Å². The smallest absolute Gasteiger partial charge is 0.207 e. The Kier molecular flexibility index (Phi) is 3.57. The highest BCUT2D eigenvalue weighted by Gasteiger charge is 2.35. The third-order valence-corrected chi connectivity index (χ3v) is 4.93.